The van der Waals surface area contributed by atoms with E-state index in [-0.39, 0.29) is 17.9 Å². The lowest BCUT2D eigenvalue weighted by molar-refractivity contribution is -0.221. The highest BCUT2D eigenvalue weighted by Crippen LogP contribution is 2.55. The zero-order valence-electron chi connectivity index (χ0n) is 23.0. The Hall–Kier alpha value is -3.07. The molecule has 210 valence electrons. The third-order valence-electron chi connectivity index (χ3n) is 6.54. The molecule has 2 saturated heterocycles. The van der Waals surface area contributed by atoms with Crippen LogP contribution < -0.4 is 5.06 Å². The number of carbonyl (C=O) groups is 3. The molecule has 11 heteroatoms. The zero-order valence-corrected chi connectivity index (χ0v) is 24.6. The highest BCUT2D eigenvalue weighted by atomic mass is 79.9. The van der Waals surface area contributed by atoms with Crippen LogP contribution in [-0.4, -0.2) is 69.9 Å². The summed E-state index contributed by atoms with van der Waals surface area (Å²) in [6.07, 6.45) is -2.53. The number of ether oxygens (including phenoxy) is 4. The van der Waals surface area contributed by atoms with Gasteiger partial charge in [-0.3, -0.25) is 14.9 Å². The molecule has 0 aromatic heterocycles. The van der Waals surface area contributed by atoms with E-state index in [1.165, 1.54) is 4.90 Å². The summed E-state index contributed by atoms with van der Waals surface area (Å²) in [5, 5.41) is 11.4. The lowest BCUT2D eigenvalue weighted by atomic mass is 9.64. The predicted octanol–water partition coefficient (Wildman–Crippen LogP) is 4.83. The summed E-state index contributed by atoms with van der Waals surface area (Å²) in [5.41, 5.74) is -2.83. The molecule has 2 fully saturated rings. The smallest absolute Gasteiger partial charge is 0.444 e. The normalized spacial score (nSPS) is 27.2. The van der Waals surface area contributed by atoms with Gasteiger partial charge in [0.1, 0.15) is 17.3 Å². The van der Waals surface area contributed by atoms with Crippen molar-refractivity contribution >= 4 is 39.8 Å². The highest BCUT2D eigenvalue weighted by molar-refractivity contribution is 9.10. The van der Waals surface area contributed by atoms with Gasteiger partial charge in [-0.2, -0.15) is 5.06 Å². The molecule has 0 radical (unpaired) electrons. The van der Waals surface area contributed by atoms with Crippen LogP contribution in [0.2, 0.25) is 0 Å². The molecule has 10 nitrogen and oxygen atoms in total. The lowest BCUT2D eigenvalue weighted by Gasteiger charge is -2.63. The summed E-state index contributed by atoms with van der Waals surface area (Å²) in [6.45, 7) is 12.0. The number of hydrogen-bond acceptors (Lipinski definition) is 8. The molecule has 4 aliphatic heterocycles. The quantitative estimate of drug-likeness (QED) is 0.226. The second-order valence-corrected chi connectivity index (χ2v) is 12.4. The summed E-state index contributed by atoms with van der Waals surface area (Å²) in [7, 11) is 0. The van der Waals surface area contributed by atoms with Gasteiger partial charge in [-0.25, -0.2) is 9.59 Å². The number of fused-ring (bicyclic) bond motifs is 1. The maximum atomic E-state index is 13.7. The Labute approximate surface area is 236 Å². The van der Waals surface area contributed by atoms with Gasteiger partial charge in [-0.05, 0) is 82.6 Å². The number of para-hydroxylation sites is 1. The Morgan fingerprint density at radius 2 is 1.77 bits per heavy atom. The van der Waals surface area contributed by atoms with Gasteiger partial charge < -0.3 is 18.9 Å². The third kappa shape index (κ3) is 5.25. The Balaban J connectivity index is 1.82. The number of nitrogens with zero attached hydrogens (tertiary/aromatic N) is 2. The molecule has 1 aliphatic carbocycles. The van der Waals surface area contributed by atoms with Gasteiger partial charge in [-0.1, -0.05) is 18.1 Å². The van der Waals surface area contributed by atoms with Gasteiger partial charge in [0, 0.05) is 10.4 Å². The number of anilines is 1. The molecule has 39 heavy (non-hydrogen) atoms. The van der Waals surface area contributed by atoms with Gasteiger partial charge in [0.05, 0.1) is 23.9 Å². The Bertz CT molecular complexity index is 1270. The van der Waals surface area contributed by atoms with Crippen LogP contribution in [0.15, 0.2) is 40.4 Å². The van der Waals surface area contributed by atoms with Gasteiger partial charge in [0.25, 0.3) is 5.91 Å². The summed E-state index contributed by atoms with van der Waals surface area (Å²) in [4.78, 5) is 41.7. The molecule has 5 atom stereocenters. The fourth-order valence-corrected chi connectivity index (χ4v) is 5.64. The maximum Gasteiger partial charge on any atom is 0.509 e. The molecule has 0 saturated carbocycles. The maximum absolute atomic E-state index is 13.7. The van der Waals surface area contributed by atoms with E-state index < -0.39 is 59.1 Å². The summed E-state index contributed by atoms with van der Waals surface area (Å²) < 4.78 is 23.5. The van der Waals surface area contributed by atoms with Crippen molar-refractivity contribution in [2.75, 3.05) is 11.7 Å². The first-order valence-electron chi connectivity index (χ1n) is 12.6. The number of carbonyl (C=O) groups excluding carboxylic acids is 3. The summed E-state index contributed by atoms with van der Waals surface area (Å²) in [6, 6.07) is 5.98. The van der Waals surface area contributed by atoms with Crippen LogP contribution in [0.5, 0.6) is 0 Å². The van der Waals surface area contributed by atoms with Crippen molar-refractivity contribution in [3.8, 4) is 11.8 Å². The molecule has 2 amide bonds. The Morgan fingerprint density at radius 3 is 2.36 bits per heavy atom. The fourth-order valence-electron chi connectivity index (χ4n) is 5.19. The zero-order chi connectivity index (χ0) is 28.9. The van der Waals surface area contributed by atoms with Gasteiger partial charge in [-0.15, -0.1) is 5.92 Å². The number of hydrogen-bond donors (Lipinski definition) is 1. The van der Waals surface area contributed by atoms with Crippen LogP contribution >= 0.6 is 15.9 Å². The third-order valence-corrected chi connectivity index (χ3v) is 7.21. The molecule has 0 spiro atoms. The van der Waals surface area contributed by atoms with Crippen LogP contribution in [-0.2, 0) is 23.7 Å². The van der Waals surface area contributed by atoms with E-state index in [9.17, 15) is 19.6 Å². The Kier molecular flexibility index (Phi) is 7.53. The predicted molar refractivity (Wildman–Crippen MR) is 144 cm³/mol. The van der Waals surface area contributed by atoms with Crippen molar-refractivity contribution in [3.63, 3.8) is 0 Å². The molecule has 6 rings (SSSR count). The minimum atomic E-state index is -1.35. The van der Waals surface area contributed by atoms with E-state index in [1.807, 2.05) is 0 Å². The average molecular weight is 605 g/mol. The SMILES string of the molecule is CC#C[C@@]12[C@@H]3CO[C@@H](C(C(=O)N(O)c4ccccc4Br)=C[C@@H]3N1C(=O)OC(C)(C)C)[C@@H]2OC(=O)OC(C)(C)C. The molecule has 4 bridgehead atoms. The van der Waals surface area contributed by atoms with Crippen LogP contribution in [0.1, 0.15) is 48.5 Å². The van der Waals surface area contributed by atoms with Crippen molar-refractivity contribution in [3.05, 3.63) is 40.4 Å². The largest absolute Gasteiger partial charge is 0.509 e. The minimum Gasteiger partial charge on any atom is -0.444 e. The van der Waals surface area contributed by atoms with E-state index in [4.69, 9.17) is 18.9 Å². The molecule has 4 heterocycles. The first-order valence-corrected chi connectivity index (χ1v) is 13.4. The molecule has 0 unspecified atom stereocenters. The summed E-state index contributed by atoms with van der Waals surface area (Å²) >= 11 is 3.34. The van der Waals surface area contributed by atoms with Gasteiger partial charge >= 0.3 is 12.2 Å². The number of rotatable bonds is 3. The number of benzene rings is 1. The minimum absolute atomic E-state index is 0.0140. The van der Waals surface area contributed by atoms with Crippen molar-refractivity contribution in [2.45, 2.75) is 83.5 Å². The lowest BCUT2D eigenvalue weighted by Crippen LogP contribution is -2.82. The fraction of sp³-hybridized carbons (Fsp3) is 0.536. The number of hydroxylamine groups is 1. The van der Waals surface area contributed by atoms with Crippen molar-refractivity contribution < 1.29 is 38.5 Å². The number of halogens is 1. The van der Waals surface area contributed by atoms with E-state index in [0.29, 0.717) is 9.54 Å². The molecule has 1 aromatic rings. The van der Waals surface area contributed by atoms with Crippen LogP contribution in [0.4, 0.5) is 15.3 Å². The molecule has 5 aliphatic rings. The van der Waals surface area contributed by atoms with Crippen LogP contribution in [0, 0.1) is 17.8 Å². The second kappa shape index (κ2) is 10.2. The van der Waals surface area contributed by atoms with Crippen LogP contribution in [0.25, 0.3) is 0 Å². The van der Waals surface area contributed by atoms with E-state index >= 15 is 0 Å². The van der Waals surface area contributed by atoms with E-state index in [1.54, 1.807) is 78.8 Å². The highest BCUT2D eigenvalue weighted by Gasteiger charge is 2.73. The first kappa shape index (κ1) is 28.9. The van der Waals surface area contributed by atoms with Crippen molar-refractivity contribution in [1.82, 2.24) is 4.90 Å². The van der Waals surface area contributed by atoms with E-state index in [0.717, 1.165) is 0 Å². The van der Waals surface area contributed by atoms with Crippen molar-refractivity contribution in [2.24, 2.45) is 5.92 Å². The monoisotopic (exact) mass is 604 g/mol. The Morgan fingerprint density at radius 1 is 1.13 bits per heavy atom. The van der Waals surface area contributed by atoms with E-state index in [2.05, 4.69) is 27.8 Å². The second-order valence-electron chi connectivity index (χ2n) is 11.6. The number of amides is 2. The topological polar surface area (TPSA) is 115 Å². The molecular formula is C28H33BrN2O8. The van der Waals surface area contributed by atoms with Crippen LogP contribution in [0.3, 0.4) is 0 Å². The average Bonchev–Trinajstić information content (AvgIpc) is 3.07. The summed E-state index contributed by atoms with van der Waals surface area (Å²) in [5.74, 6) is 4.72. The van der Waals surface area contributed by atoms with Gasteiger partial charge in [0.15, 0.2) is 11.6 Å². The van der Waals surface area contributed by atoms with Gasteiger partial charge in [0.2, 0.25) is 0 Å². The molecule has 1 N–H and O–H groups in total. The standard InChI is InChI=1S/C28H33BrN2O8/c1-8-13-28-17-15-36-21(22(28)37-25(34)39-27(5,6)7)16(14-20(17)30(28)24(33)38-26(2,3)4)23(32)31(35)19-12-10-9-11-18(19)29/h9-12,14,17,20-22,35H,15H2,1-7H3/t17-,20+,21+,22+,28+/m1/s1. The molecular weight excluding hydrogens is 572 g/mol. The van der Waals surface area contributed by atoms with Crippen molar-refractivity contribution in [1.29, 1.82) is 0 Å². The first-order chi connectivity index (χ1) is 18.1. The molecule has 1 aromatic carbocycles.